The average molecular weight is 426 g/mol. The normalized spacial score (nSPS) is 11.8. The molecular formula is C21H22N4O4S. The van der Waals surface area contributed by atoms with Crippen LogP contribution in [0.15, 0.2) is 64.5 Å². The summed E-state index contributed by atoms with van der Waals surface area (Å²) in [5, 5.41) is 0.914. The lowest BCUT2D eigenvalue weighted by Gasteiger charge is -2.18. The van der Waals surface area contributed by atoms with E-state index in [9.17, 15) is 14.4 Å². The Morgan fingerprint density at radius 2 is 1.80 bits per heavy atom. The summed E-state index contributed by atoms with van der Waals surface area (Å²) in [6, 6.07) is 15.4. The number of para-hydroxylation sites is 1. The number of nitrogens with zero attached hydrogens (tertiary/aromatic N) is 2. The number of methoxy groups -OCH3 is 1. The van der Waals surface area contributed by atoms with Gasteiger partial charge in [-0.15, -0.1) is 0 Å². The third kappa shape index (κ3) is 5.05. The van der Waals surface area contributed by atoms with E-state index in [1.807, 2.05) is 6.92 Å². The van der Waals surface area contributed by atoms with Crippen molar-refractivity contribution in [1.82, 2.24) is 20.4 Å². The highest BCUT2D eigenvalue weighted by Gasteiger charge is 2.17. The molecular weight excluding hydrogens is 404 g/mol. The summed E-state index contributed by atoms with van der Waals surface area (Å²) in [4.78, 5) is 41.8. The van der Waals surface area contributed by atoms with Crippen LogP contribution in [0.5, 0.6) is 0 Å². The number of carbonyl (C=O) groups excluding carboxylic acids is 2. The number of amides is 2. The summed E-state index contributed by atoms with van der Waals surface area (Å²) in [5.74, 6) is -0.861. The minimum absolute atomic E-state index is 0.0282. The number of nitrogens with one attached hydrogen (secondary N) is 2. The Morgan fingerprint density at radius 3 is 2.53 bits per heavy atom. The monoisotopic (exact) mass is 426 g/mol. The molecule has 0 radical (unpaired) electrons. The Balaban J connectivity index is 1.73. The Hall–Kier alpha value is -3.17. The number of thioether (sulfide) groups is 1. The molecule has 0 aliphatic rings. The highest BCUT2D eigenvalue weighted by atomic mass is 32.2. The molecule has 2 amide bonds. The van der Waals surface area contributed by atoms with Gasteiger partial charge < -0.3 is 4.74 Å². The zero-order valence-electron chi connectivity index (χ0n) is 16.6. The molecule has 0 fully saturated rings. The fraction of sp³-hybridized carbons (Fsp3) is 0.238. The first kappa shape index (κ1) is 21.5. The van der Waals surface area contributed by atoms with Crippen molar-refractivity contribution in [3.63, 3.8) is 0 Å². The Morgan fingerprint density at radius 1 is 1.10 bits per heavy atom. The second-order valence-electron chi connectivity index (χ2n) is 6.55. The molecule has 1 heterocycles. The van der Waals surface area contributed by atoms with Gasteiger partial charge in [0.2, 0.25) is 5.91 Å². The van der Waals surface area contributed by atoms with Crippen molar-refractivity contribution >= 4 is 34.5 Å². The molecule has 0 unspecified atom stereocenters. The summed E-state index contributed by atoms with van der Waals surface area (Å²) in [6.07, 6.45) is 0. The molecule has 30 heavy (non-hydrogen) atoms. The van der Waals surface area contributed by atoms with Crippen molar-refractivity contribution < 1.29 is 14.3 Å². The molecule has 0 bridgehead atoms. The van der Waals surface area contributed by atoms with E-state index in [4.69, 9.17) is 4.74 Å². The zero-order valence-corrected chi connectivity index (χ0v) is 17.4. The summed E-state index contributed by atoms with van der Waals surface area (Å²) in [6.45, 7) is 2.18. The molecule has 3 rings (SSSR count). The van der Waals surface area contributed by atoms with Crippen LogP contribution in [0.25, 0.3) is 10.9 Å². The van der Waals surface area contributed by atoms with Crippen LogP contribution in [0.3, 0.4) is 0 Å². The Labute approximate surface area is 177 Å². The van der Waals surface area contributed by atoms with Crippen LogP contribution < -0.4 is 16.4 Å². The molecule has 2 aromatic carbocycles. The smallest absolute Gasteiger partial charge is 0.269 e. The number of aromatic nitrogens is 2. The maximum absolute atomic E-state index is 13.0. The molecule has 0 aliphatic carbocycles. The van der Waals surface area contributed by atoms with E-state index < -0.39 is 11.8 Å². The second kappa shape index (κ2) is 10.0. The number of benzene rings is 2. The van der Waals surface area contributed by atoms with Gasteiger partial charge in [-0.2, -0.15) is 0 Å². The predicted octanol–water partition coefficient (Wildman–Crippen LogP) is 2.16. The number of hydrazine groups is 1. The van der Waals surface area contributed by atoms with E-state index in [0.29, 0.717) is 28.2 Å². The maximum atomic E-state index is 13.0. The first-order valence-corrected chi connectivity index (χ1v) is 10.3. The average Bonchev–Trinajstić information content (AvgIpc) is 2.76. The topological polar surface area (TPSA) is 102 Å². The van der Waals surface area contributed by atoms with E-state index in [2.05, 4.69) is 15.8 Å². The van der Waals surface area contributed by atoms with Crippen LogP contribution in [0, 0.1) is 0 Å². The van der Waals surface area contributed by atoms with Gasteiger partial charge in [0.15, 0.2) is 5.16 Å². The van der Waals surface area contributed by atoms with Gasteiger partial charge in [0.1, 0.15) is 0 Å². The van der Waals surface area contributed by atoms with Crippen molar-refractivity contribution in [1.29, 1.82) is 0 Å². The molecule has 9 heteroatoms. The van der Waals surface area contributed by atoms with Crippen molar-refractivity contribution in [2.45, 2.75) is 18.1 Å². The van der Waals surface area contributed by atoms with Gasteiger partial charge in [0.05, 0.1) is 29.3 Å². The van der Waals surface area contributed by atoms with E-state index >= 15 is 0 Å². The Kier molecular flexibility index (Phi) is 7.21. The molecule has 1 atom stereocenters. The van der Waals surface area contributed by atoms with Crippen LogP contribution in [0.1, 0.15) is 23.3 Å². The van der Waals surface area contributed by atoms with Crippen molar-refractivity contribution in [3.05, 3.63) is 70.5 Å². The van der Waals surface area contributed by atoms with Gasteiger partial charge in [-0.1, -0.05) is 42.1 Å². The fourth-order valence-corrected chi connectivity index (χ4v) is 3.78. The van der Waals surface area contributed by atoms with Gasteiger partial charge in [-0.05, 0) is 31.2 Å². The molecule has 2 N–H and O–H groups in total. The summed E-state index contributed by atoms with van der Waals surface area (Å²) in [7, 11) is 1.56. The largest absolute Gasteiger partial charge is 0.383 e. The van der Waals surface area contributed by atoms with Crippen molar-refractivity contribution in [2.75, 3.05) is 19.5 Å². The van der Waals surface area contributed by atoms with E-state index in [0.717, 1.165) is 11.8 Å². The fourth-order valence-electron chi connectivity index (χ4n) is 2.89. The third-order valence-corrected chi connectivity index (χ3v) is 5.26. The first-order valence-electron chi connectivity index (χ1n) is 9.28. The van der Waals surface area contributed by atoms with E-state index in [-0.39, 0.29) is 17.4 Å². The highest BCUT2D eigenvalue weighted by molar-refractivity contribution is 7.99. The van der Waals surface area contributed by atoms with Crippen LogP contribution in [-0.2, 0) is 9.53 Å². The zero-order chi connectivity index (χ0) is 21.5. The first-order chi connectivity index (χ1) is 14.5. The number of ether oxygens (including phenoxy) is 1. The molecule has 0 saturated carbocycles. The van der Waals surface area contributed by atoms with Crippen LogP contribution in [-0.4, -0.2) is 40.8 Å². The standard InChI is InChI=1S/C21H22N4O4S/c1-14(12-29-2)25-20(28)16-10-6-7-11-17(16)22-21(25)30-13-18(26)23-24-19(27)15-8-4-3-5-9-15/h3-11,14H,12-13H2,1-2H3,(H,23,26)(H,24,27)/t14-/m1/s1. The maximum Gasteiger partial charge on any atom is 0.269 e. The lowest BCUT2D eigenvalue weighted by molar-refractivity contribution is -0.119. The summed E-state index contributed by atoms with van der Waals surface area (Å²) in [5.41, 5.74) is 5.55. The number of fused-ring (bicyclic) bond motifs is 1. The van der Waals surface area contributed by atoms with Gasteiger partial charge in [0.25, 0.3) is 11.5 Å². The van der Waals surface area contributed by atoms with Crippen LogP contribution >= 0.6 is 11.8 Å². The Bertz CT molecular complexity index is 1100. The van der Waals surface area contributed by atoms with Crippen molar-refractivity contribution in [3.8, 4) is 0 Å². The lowest BCUT2D eigenvalue weighted by Crippen LogP contribution is -2.42. The molecule has 156 valence electrons. The minimum atomic E-state index is -0.419. The highest BCUT2D eigenvalue weighted by Crippen LogP contribution is 2.21. The van der Waals surface area contributed by atoms with Crippen LogP contribution in [0.2, 0.25) is 0 Å². The van der Waals surface area contributed by atoms with Gasteiger partial charge in [-0.25, -0.2) is 4.98 Å². The minimum Gasteiger partial charge on any atom is -0.383 e. The molecule has 3 aromatic rings. The quantitative estimate of drug-likeness (QED) is 0.341. The van der Waals surface area contributed by atoms with Crippen LogP contribution in [0.4, 0.5) is 0 Å². The molecule has 0 aliphatic heterocycles. The predicted molar refractivity (Wildman–Crippen MR) is 115 cm³/mol. The molecule has 8 nitrogen and oxygen atoms in total. The third-order valence-electron chi connectivity index (χ3n) is 4.31. The molecule has 0 saturated heterocycles. The lowest BCUT2D eigenvalue weighted by atomic mass is 10.2. The second-order valence-corrected chi connectivity index (χ2v) is 7.49. The van der Waals surface area contributed by atoms with Gasteiger partial charge >= 0.3 is 0 Å². The SMILES string of the molecule is COC[C@@H](C)n1c(SCC(=O)NNC(=O)c2ccccc2)nc2ccccc2c1=O. The van der Waals surface area contributed by atoms with E-state index in [1.165, 1.54) is 4.57 Å². The number of hydrogen-bond acceptors (Lipinski definition) is 6. The summed E-state index contributed by atoms with van der Waals surface area (Å²) >= 11 is 1.12. The number of hydrogen-bond donors (Lipinski definition) is 2. The molecule has 0 spiro atoms. The number of rotatable bonds is 7. The van der Waals surface area contributed by atoms with Gasteiger partial charge in [-0.3, -0.25) is 29.8 Å². The molecule has 1 aromatic heterocycles. The summed E-state index contributed by atoms with van der Waals surface area (Å²) < 4.78 is 6.72. The van der Waals surface area contributed by atoms with Crippen molar-refractivity contribution in [2.24, 2.45) is 0 Å². The number of carbonyl (C=O) groups is 2. The van der Waals surface area contributed by atoms with E-state index in [1.54, 1.807) is 61.7 Å². The van der Waals surface area contributed by atoms with Gasteiger partial charge in [0, 0.05) is 12.7 Å².